The number of ketones is 1. The van der Waals surface area contributed by atoms with Crippen molar-refractivity contribution < 1.29 is 28.9 Å². The number of carbonyl (C=O) groups excluding carboxylic acids is 1. The Labute approximate surface area is 218 Å². The SMILES string of the molecule is COc1cc(C(=O)CC[C@](C)(O)c2cc3c(c(-c4ccc(F)cc4)n2)OCC3(N)CO)cc2cccnc12. The van der Waals surface area contributed by atoms with Crippen molar-refractivity contribution in [2.45, 2.75) is 30.9 Å². The molecule has 0 amide bonds. The van der Waals surface area contributed by atoms with Gasteiger partial charge in [0.1, 0.15) is 40.5 Å². The van der Waals surface area contributed by atoms with Gasteiger partial charge in [-0.3, -0.25) is 9.78 Å². The zero-order valence-corrected chi connectivity index (χ0v) is 21.1. The van der Waals surface area contributed by atoms with Crippen LogP contribution in [0.15, 0.2) is 60.8 Å². The molecule has 4 aromatic rings. The van der Waals surface area contributed by atoms with E-state index in [1.807, 2.05) is 6.07 Å². The van der Waals surface area contributed by atoms with Crippen LogP contribution in [0, 0.1) is 5.82 Å². The number of Topliss-reactive ketones (excluding diaryl/α,β-unsaturated/α-hetero) is 1. The van der Waals surface area contributed by atoms with Gasteiger partial charge < -0.3 is 25.4 Å². The number of halogens is 1. The van der Waals surface area contributed by atoms with Gasteiger partial charge in [-0.25, -0.2) is 9.37 Å². The third kappa shape index (κ3) is 4.60. The van der Waals surface area contributed by atoms with Gasteiger partial charge in [0.15, 0.2) is 11.5 Å². The van der Waals surface area contributed by atoms with Crippen molar-refractivity contribution in [3.05, 3.63) is 83.4 Å². The molecule has 8 nitrogen and oxygen atoms in total. The molecule has 0 fully saturated rings. The number of methoxy groups -OCH3 is 1. The first-order valence-corrected chi connectivity index (χ1v) is 12.2. The van der Waals surface area contributed by atoms with E-state index in [0.717, 1.165) is 5.39 Å². The molecule has 0 saturated heterocycles. The first-order valence-electron chi connectivity index (χ1n) is 12.2. The summed E-state index contributed by atoms with van der Waals surface area (Å²) in [6.07, 6.45) is 1.74. The predicted octanol–water partition coefficient (Wildman–Crippen LogP) is 3.85. The summed E-state index contributed by atoms with van der Waals surface area (Å²) in [4.78, 5) is 22.2. The lowest BCUT2D eigenvalue weighted by molar-refractivity contribution is 0.0396. The molecule has 0 spiro atoms. The van der Waals surface area contributed by atoms with Crippen LogP contribution >= 0.6 is 0 Å². The quantitative estimate of drug-likeness (QED) is 0.301. The molecule has 2 aromatic carbocycles. The van der Waals surface area contributed by atoms with Gasteiger partial charge in [0.25, 0.3) is 0 Å². The third-order valence-corrected chi connectivity index (χ3v) is 6.99. The molecule has 5 rings (SSSR count). The molecule has 0 radical (unpaired) electrons. The van der Waals surface area contributed by atoms with Crippen LogP contribution in [-0.2, 0) is 11.1 Å². The van der Waals surface area contributed by atoms with E-state index in [2.05, 4.69) is 9.97 Å². The number of benzene rings is 2. The van der Waals surface area contributed by atoms with Crippen molar-refractivity contribution in [3.8, 4) is 22.8 Å². The topological polar surface area (TPSA) is 128 Å². The van der Waals surface area contributed by atoms with Crippen molar-refractivity contribution in [1.29, 1.82) is 0 Å². The standard InChI is InChI=1S/C29H28FN3O5/c1-28(36,10-9-22(35)19-12-18-4-3-11-32-25(18)23(13-19)37-2)24-14-21-27(38-16-29(21,31)15-34)26(33-24)17-5-7-20(30)8-6-17/h3-8,11-14,34,36H,9-10,15-16,31H2,1-2H3/t28-,29?/m0/s1. The number of rotatable bonds is 8. The van der Waals surface area contributed by atoms with Crippen LogP contribution in [-0.4, -0.2) is 46.3 Å². The van der Waals surface area contributed by atoms with Crippen molar-refractivity contribution in [3.63, 3.8) is 0 Å². The Balaban J connectivity index is 1.47. The molecule has 196 valence electrons. The summed E-state index contributed by atoms with van der Waals surface area (Å²) in [6.45, 7) is 1.21. The second-order valence-electron chi connectivity index (χ2n) is 9.79. The number of carbonyl (C=O) groups is 1. The maximum atomic E-state index is 13.6. The van der Waals surface area contributed by atoms with Crippen LogP contribution < -0.4 is 15.2 Å². The summed E-state index contributed by atoms with van der Waals surface area (Å²) in [6, 6.07) is 14.4. The lowest BCUT2D eigenvalue weighted by atomic mass is 9.87. The van der Waals surface area contributed by atoms with E-state index in [-0.39, 0.29) is 37.5 Å². The van der Waals surface area contributed by atoms with E-state index in [0.29, 0.717) is 39.4 Å². The van der Waals surface area contributed by atoms with Gasteiger partial charge in [0.05, 0.1) is 19.4 Å². The Hall–Kier alpha value is -3.92. The van der Waals surface area contributed by atoms with Crippen LogP contribution in [0.2, 0.25) is 0 Å². The second kappa shape index (κ2) is 9.75. The van der Waals surface area contributed by atoms with E-state index in [4.69, 9.17) is 15.2 Å². The van der Waals surface area contributed by atoms with Crippen LogP contribution in [0.5, 0.6) is 11.5 Å². The number of aliphatic hydroxyl groups is 2. The average Bonchev–Trinajstić information content (AvgIpc) is 3.28. The molecule has 1 aliphatic rings. The molecule has 3 heterocycles. The van der Waals surface area contributed by atoms with Crippen LogP contribution in [0.1, 0.15) is 41.4 Å². The molecule has 0 aliphatic carbocycles. The number of hydrogen-bond acceptors (Lipinski definition) is 8. The minimum atomic E-state index is -1.53. The molecule has 2 atom stereocenters. The molecular formula is C29H28FN3O5. The van der Waals surface area contributed by atoms with Gasteiger partial charge >= 0.3 is 0 Å². The first-order chi connectivity index (χ1) is 18.1. The molecular weight excluding hydrogens is 489 g/mol. The van der Waals surface area contributed by atoms with Gasteiger partial charge in [-0.05, 0) is 61.9 Å². The number of nitrogens with zero attached hydrogens (tertiary/aromatic N) is 2. The summed E-state index contributed by atoms with van der Waals surface area (Å²) in [5.74, 6) is 0.282. The van der Waals surface area contributed by atoms with E-state index in [1.54, 1.807) is 49.5 Å². The number of pyridine rings is 2. The smallest absolute Gasteiger partial charge is 0.163 e. The van der Waals surface area contributed by atoms with Crippen molar-refractivity contribution in [2.75, 3.05) is 20.3 Å². The highest BCUT2D eigenvalue weighted by Crippen LogP contribution is 2.44. The van der Waals surface area contributed by atoms with Gasteiger partial charge in [0.2, 0.25) is 0 Å². The van der Waals surface area contributed by atoms with E-state index >= 15 is 0 Å². The number of aliphatic hydroxyl groups excluding tert-OH is 1. The van der Waals surface area contributed by atoms with Gasteiger partial charge in [-0.15, -0.1) is 0 Å². The molecule has 0 saturated carbocycles. The fraction of sp³-hybridized carbons (Fsp3) is 0.276. The van der Waals surface area contributed by atoms with E-state index in [9.17, 15) is 19.4 Å². The summed E-state index contributed by atoms with van der Waals surface area (Å²) in [7, 11) is 1.52. The maximum absolute atomic E-state index is 13.6. The lowest BCUT2D eigenvalue weighted by Gasteiger charge is -2.26. The Kier molecular flexibility index (Phi) is 6.60. The molecule has 38 heavy (non-hydrogen) atoms. The van der Waals surface area contributed by atoms with Crippen molar-refractivity contribution >= 4 is 16.7 Å². The molecule has 0 bridgehead atoms. The average molecular weight is 518 g/mol. The number of nitrogens with two attached hydrogens (primary N) is 1. The zero-order valence-electron chi connectivity index (χ0n) is 21.1. The maximum Gasteiger partial charge on any atom is 0.163 e. The Morgan fingerprint density at radius 1 is 1.24 bits per heavy atom. The number of fused-ring (bicyclic) bond motifs is 2. The van der Waals surface area contributed by atoms with Gasteiger partial charge in [0, 0.05) is 34.7 Å². The monoisotopic (exact) mass is 517 g/mol. The first kappa shape index (κ1) is 25.7. The minimum absolute atomic E-state index is 0.0246. The Morgan fingerprint density at radius 3 is 2.71 bits per heavy atom. The molecule has 4 N–H and O–H groups in total. The summed E-state index contributed by atoms with van der Waals surface area (Å²) in [5, 5.41) is 22.2. The van der Waals surface area contributed by atoms with Crippen molar-refractivity contribution in [1.82, 2.24) is 9.97 Å². The lowest BCUT2D eigenvalue weighted by Crippen LogP contribution is -2.42. The summed E-state index contributed by atoms with van der Waals surface area (Å²) in [5.41, 5.74) is 6.48. The largest absolute Gasteiger partial charge is 0.494 e. The zero-order chi connectivity index (χ0) is 27.1. The summed E-state index contributed by atoms with van der Waals surface area (Å²) < 4.78 is 24.8. The Bertz CT molecular complexity index is 1520. The molecule has 9 heteroatoms. The van der Waals surface area contributed by atoms with Crippen LogP contribution in [0.25, 0.3) is 22.2 Å². The number of aromatic nitrogens is 2. The second-order valence-corrected chi connectivity index (χ2v) is 9.79. The fourth-order valence-electron chi connectivity index (χ4n) is 4.64. The molecule has 1 unspecified atom stereocenters. The van der Waals surface area contributed by atoms with Gasteiger partial charge in [-0.2, -0.15) is 0 Å². The predicted molar refractivity (Wildman–Crippen MR) is 140 cm³/mol. The van der Waals surface area contributed by atoms with Crippen molar-refractivity contribution in [2.24, 2.45) is 5.73 Å². The molecule has 2 aromatic heterocycles. The highest BCUT2D eigenvalue weighted by Gasteiger charge is 2.41. The highest BCUT2D eigenvalue weighted by molar-refractivity contribution is 6.01. The van der Waals surface area contributed by atoms with E-state index < -0.39 is 17.0 Å². The number of hydrogen-bond donors (Lipinski definition) is 3. The normalized spacial score (nSPS) is 18.1. The molecule has 1 aliphatic heterocycles. The minimum Gasteiger partial charge on any atom is -0.494 e. The van der Waals surface area contributed by atoms with Gasteiger partial charge in [-0.1, -0.05) is 6.07 Å². The number of ether oxygens (including phenoxy) is 2. The van der Waals surface area contributed by atoms with Crippen LogP contribution in [0.3, 0.4) is 0 Å². The van der Waals surface area contributed by atoms with E-state index in [1.165, 1.54) is 19.2 Å². The van der Waals surface area contributed by atoms with Crippen LogP contribution in [0.4, 0.5) is 4.39 Å². The summed E-state index contributed by atoms with van der Waals surface area (Å²) >= 11 is 0. The Morgan fingerprint density at radius 2 is 2.00 bits per heavy atom. The highest BCUT2D eigenvalue weighted by atomic mass is 19.1. The fourth-order valence-corrected chi connectivity index (χ4v) is 4.64. The third-order valence-electron chi connectivity index (χ3n) is 6.99.